The van der Waals surface area contributed by atoms with Gasteiger partial charge in [0.05, 0.1) is 22.1 Å². The van der Waals surface area contributed by atoms with Crippen LogP contribution in [0.2, 0.25) is 0 Å². The van der Waals surface area contributed by atoms with Gasteiger partial charge in [0.25, 0.3) is 5.91 Å². The van der Waals surface area contributed by atoms with Gasteiger partial charge in [-0.3, -0.25) is 4.79 Å². The zero-order valence-electron chi connectivity index (χ0n) is 15.5. The summed E-state index contributed by atoms with van der Waals surface area (Å²) in [5.41, 5.74) is 2.34. The topological polar surface area (TPSA) is 70.7 Å². The summed E-state index contributed by atoms with van der Waals surface area (Å²) in [4.78, 5) is 25.2. The highest BCUT2D eigenvalue weighted by Crippen LogP contribution is 2.25. The molecule has 5 nitrogen and oxygen atoms in total. The first-order valence-corrected chi connectivity index (χ1v) is 9.20. The molecule has 146 valence electrons. The molecule has 5 aromatic rings. The van der Waals surface area contributed by atoms with Crippen LogP contribution in [0.3, 0.4) is 0 Å². The second kappa shape index (κ2) is 7.04. The highest BCUT2D eigenvalue weighted by Gasteiger charge is 2.17. The van der Waals surface area contributed by atoms with Crippen molar-refractivity contribution in [3.05, 3.63) is 90.0 Å². The van der Waals surface area contributed by atoms with E-state index in [0.717, 1.165) is 28.6 Å². The molecule has 0 atom stereocenters. The molecule has 0 unspecified atom stereocenters. The molecule has 0 saturated carbocycles. The predicted molar refractivity (Wildman–Crippen MR) is 111 cm³/mol. The highest BCUT2D eigenvalue weighted by molar-refractivity contribution is 6.12. The number of para-hydroxylation sites is 4. The van der Waals surface area contributed by atoms with E-state index in [0.29, 0.717) is 17.0 Å². The summed E-state index contributed by atoms with van der Waals surface area (Å²) in [5, 5.41) is 3.03. The maximum Gasteiger partial charge on any atom is 0.258 e. The van der Waals surface area contributed by atoms with E-state index in [1.165, 1.54) is 6.07 Å². The number of hydrogen-bond donors (Lipinski definition) is 2. The number of imidazole rings is 1. The Morgan fingerprint density at radius 1 is 0.833 bits per heavy atom. The second-order valence-corrected chi connectivity index (χ2v) is 6.73. The van der Waals surface area contributed by atoms with Crippen LogP contribution in [0.4, 0.5) is 14.5 Å². The van der Waals surface area contributed by atoms with Crippen molar-refractivity contribution in [1.29, 1.82) is 0 Å². The standard InChI is InChI=1S/C23H14F2N4O/c24-15-7-4-8-16(25)21(15)29-23(30)14-6-3-5-13-11-12-19(26-20(13)14)22-27-17-9-1-2-10-18(17)28-22/h1-12H,(H,27,28)(H,29,30). The normalized spacial score (nSPS) is 11.1. The van der Waals surface area contributed by atoms with E-state index < -0.39 is 23.2 Å². The van der Waals surface area contributed by atoms with Gasteiger partial charge in [0.1, 0.15) is 23.0 Å². The molecule has 2 aromatic heterocycles. The maximum absolute atomic E-state index is 13.9. The summed E-state index contributed by atoms with van der Waals surface area (Å²) in [6, 6.07) is 19.7. The Hall–Kier alpha value is -4.13. The van der Waals surface area contributed by atoms with Gasteiger partial charge in [-0.2, -0.15) is 0 Å². The van der Waals surface area contributed by atoms with Crippen LogP contribution in [0, 0.1) is 11.6 Å². The number of amides is 1. The number of carbonyl (C=O) groups is 1. The molecule has 0 aliphatic heterocycles. The van der Waals surface area contributed by atoms with E-state index in [4.69, 9.17) is 0 Å². The summed E-state index contributed by atoms with van der Waals surface area (Å²) >= 11 is 0. The van der Waals surface area contributed by atoms with Crippen LogP contribution >= 0.6 is 0 Å². The van der Waals surface area contributed by atoms with Gasteiger partial charge in [-0.1, -0.05) is 36.4 Å². The average Bonchev–Trinajstić information content (AvgIpc) is 3.20. The third kappa shape index (κ3) is 3.06. The van der Waals surface area contributed by atoms with Gasteiger partial charge in [-0.05, 0) is 36.4 Å². The zero-order valence-corrected chi connectivity index (χ0v) is 15.5. The molecular formula is C23H14F2N4O. The highest BCUT2D eigenvalue weighted by atomic mass is 19.1. The number of rotatable bonds is 3. The number of carbonyl (C=O) groups excluding carboxylic acids is 1. The number of fused-ring (bicyclic) bond motifs is 2. The molecular weight excluding hydrogens is 386 g/mol. The lowest BCUT2D eigenvalue weighted by atomic mass is 10.1. The second-order valence-electron chi connectivity index (χ2n) is 6.73. The van der Waals surface area contributed by atoms with Crippen LogP contribution in [0.15, 0.2) is 72.8 Å². The molecule has 0 spiro atoms. The van der Waals surface area contributed by atoms with Crippen LogP contribution in [-0.2, 0) is 0 Å². The van der Waals surface area contributed by atoms with Crippen molar-refractivity contribution in [3.63, 3.8) is 0 Å². The fourth-order valence-electron chi connectivity index (χ4n) is 3.33. The average molecular weight is 400 g/mol. The molecule has 30 heavy (non-hydrogen) atoms. The van der Waals surface area contributed by atoms with Gasteiger partial charge in [0.15, 0.2) is 5.82 Å². The van der Waals surface area contributed by atoms with Gasteiger partial charge in [0, 0.05) is 5.39 Å². The summed E-state index contributed by atoms with van der Waals surface area (Å²) in [6.45, 7) is 0. The lowest BCUT2D eigenvalue weighted by Crippen LogP contribution is -2.15. The lowest BCUT2D eigenvalue weighted by Gasteiger charge is -2.10. The van der Waals surface area contributed by atoms with Gasteiger partial charge < -0.3 is 10.3 Å². The quantitative estimate of drug-likeness (QED) is 0.431. The Labute approximate surface area is 169 Å². The Kier molecular flexibility index (Phi) is 4.21. The maximum atomic E-state index is 13.9. The Balaban J connectivity index is 1.58. The molecule has 0 aliphatic rings. The first-order valence-electron chi connectivity index (χ1n) is 9.20. The summed E-state index contributed by atoms with van der Waals surface area (Å²) in [5.74, 6) is -1.79. The number of benzene rings is 3. The van der Waals surface area contributed by atoms with Crippen molar-refractivity contribution in [2.45, 2.75) is 0 Å². The Morgan fingerprint density at radius 3 is 2.40 bits per heavy atom. The fourth-order valence-corrected chi connectivity index (χ4v) is 3.33. The minimum Gasteiger partial charge on any atom is -0.337 e. The van der Waals surface area contributed by atoms with Crippen molar-refractivity contribution in [1.82, 2.24) is 15.0 Å². The van der Waals surface area contributed by atoms with Gasteiger partial charge in [0.2, 0.25) is 0 Å². The number of aromatic amines is 1. The smallest absolute Gasteiger partial charge is 0.258 e. The third-order valence-corrected chi connectivity index (χ3v) is 4.80. The number of pyridine rings is 1. The minimum atomic E-state index is -0.848. The summed E-state index contributed by atoms with van der Waals surface area (Å²) in [6.07, 6.45) is 0. The molecule has 0 aliphatic carbocycles. The lowest BCUT2D eigenvalue weighted by molar-refractivity contribution is 0.102. The van der Waals surface area contributed by atoms with Crippen LogP contribution in [0.5, 0.6) is 0 Å². The first-order chi connectivity index (χ1) is 14.6. The molecule has 0 fully saturated rings. The minimum absolute atomic E-state index is 0.202. The molecule has 1 amide bonds. The van der Waals surface area contributed by atoms with Crippen molar-refractivity contribution in [3.8, 4) is 11.5 Å². The first kappa shape index (κ1) is 17.9. The van der Waals surface area contributed by atoms with Gasteiger partial charge in [-0.15, -0.1) is 0 Å². The number of aromatic nitrogens is 3. The Morgan fingerprint density at radius 2 is 1.60 bits per heavy atom. The van der Waals surface area contributed by atoms with E-state index in [1.54, 1.807) is 18.2 Å². The van der Waals surface area contributed by atoms with E-state index in [9.17, 15) is 13.6 Å². The van der Waals surface area contributed by atoms with Gasteiger partial charge >= 0.3 is 0 Å². The van der Waals surface area contributed by atoms with E-state index in [-0.39, 0.29) is 5.56 Å². The van der Waals surface area contributed by atoms with Crippen LogP contribution in [0.25, 0.3) is 33.5 Å². The molecule has 5 rings (SSSR count). The number of anilines is 1. The SMILES string of the molecule is O=C(Nc1c(F)cccc1F)c1cccc2ccc(-c3nc4ccccc4[nH]3)nc12. The largest absolute Gasteiger partial charge is 0.337 e. The molecule has 2 heterocycles. The third-order valence-electron chi connectivity index (χ3n) is 4.80. The van der Waals surface area contributed by atoms with Crippen molar-refractivity contribution < 1.29 is 13.6 Å². The number of nitrogens with one attached hydrogen (secondary N) is 2. The van der Waals surface area contributed by atoms with E-state index in [2.05, 4.69) is 20.3 Å². The number of H-pyrrole nitrogens is 1. The molecule has 2 N–H and O–H groups in total. The van der Waals surface area contributed by atoms with E-state index in [1.807, 2.05) is 36.4 Å². The van der Waals surface area contributed by atoms with E-state index >= 15 is 0 Å². The number of halogens is 2. The fraction of sp³-hybridized carbons (Fsp3) is 0. The number of nitrogens with zero attached hydrogens (tertiary/aromatic N) is 2. The van der Waals surface area contributed by atoms with Gasteiger partial charge in [-0.25, -0.2) is 18.7 Å². The summed E-state index contributed by atoms with van der Waals surface area (Å²) in [7, 11) is 0. The molecule has 0 radical (unpaired) electrons. The molecule has 0 bridgehead atoms. The van der Waals surface area contributed by atoms with Crippen molar-refractivity contribution >= 4 is 33.5 Å². The van der Waals surface area contributed by atoms with Crippen molar-refractivity contribution in [2.75, 3.05) is 5.32 Å². The van der Waals surface area contributed by atoms with Crippen LogP contribution in [0.1, 0.15) is 10.4 Å². The monoisotopic (exact) mass is 400 g/mol. The van der Waals surface area contributed by atoms with Crippen LogP contribution < -0.4 is 5.32 Å². The summed E-state index contributed by atoms with van der Waals surface area (Å²) < 4.78 is 27.9. The van der Waals surface area contributed by atoms with Crippen molar-refractivity contribution in [2.24, 2.45) is 0 Å². The van der Waals surface area contributed by atoms with Crippen LogP contribution in [-0.4, -0.2) is 20.9 Å². The number of hydrogen-bond acceptors (Lipinski definition) is 3. The zero-order chi connectivity index (χ0) is 20.7. The predicted octanol–water partition coefficient (Wildman–Crippen LogP) is 5.31. The Bertz CT molecular complexity index is 1370. The molecule has 3 aromatic carbocycles. The molecule has 7 heteroatoms. The molecule has 0 saturated heterocycles.